The van der Waals surface area contributed by atoms with Crippen LogP contribution in [0.2, 0.25) is 0 Å². The molecule has 3 aromatic carbocycles. The molecule has 1 unspecified atom stereocenters. The summed E-state index contributed by atoms with van der Waals surface area (Å²) in [5.41, 5.74) is 4.34. The Bertz CT molecular complexity index is 1720. The maximum absolute atomic E-state index is 13.6. The molecule has 0 aliphatic carbocycles. The zero-order valence-electron chi connectivity index (χ0n) is 22.3. The molecule has 5 aromatic rings. The van der Waals surface area contributed by atoms with Gasteiger partial charge in [0.25, 0.3) is 0 Å². The van der Waals surface area contributed by atoms with Gasteiger partial charge in [-0.2, -0.15) is 4.72 Å². The van der Waals surface area contributed by atoms with Gasteiger partial charge in [0.2, 0.25) is 15.9 Å². The fourth-order valence-corrected chi connectivity index (χ4v) is 6.33. The summed E-state index contributed by atoms with van der Waals surface area (Å²) in [6.45, 7) is 4.09. The van der Waals surface area contributed by atoms with Crippen molar-refractivity contribution in [2.24, 2.45) is 0 Å². The minimum Gasteiger partial charge on any atom is -0.497 e. The Hall–Kier alpha value is -3.99. The Balaban J connectivity index is 1.40. The van der Waals surface area contributed by atoms with Crippen LogP contribution in [0, 0.1) is 0 Å². The van der Waals surface area contributed by atoms with Crippen molar-refractivity contribution in [3.8, 4) is 17.0 Å². The normalized spacial score (nSPS) is 12.5. The highest BCUT2D eigenvalue weighted by molar-refractivity contribution is 7.89. The van der Waals surface area contributed by atoms with E-state index in [0.29, 0.717) is 10.8 Å². The SMILES string of the molecule is COc1ccc(-c2csc(NC(=O)C(Cc3c[nH]c4ccccc34)NS(=O)(=O)c3ccc(C(C)C)cc3)n2)cc1. The van der Waals surface area contributed by atoms with Crippen molar-refractivity contribution >= 4 is 43.3 Å². The zero-order valence-corrected chi connectivity index (χ0v) is 24.0. The standard InChI is InChI=1S/C30H30N4O4S2/c1-19(2)20-10-14-24(15-11-20)40(36,37)34-27(16-22-17-31-26-7-5-4-6-25(22)26)29(35)33-30-32-28(18-39-30)21-8-12-23(38-3)13-9-21/h4-15,17-19,27,31,34H,16H2,1-3H3,(H,32,33,35). The lowest BCUT2D eigenvalue weighted by Crippen LogP contribution is -2.45. The van der Waals surface area contributed by atoms with Crippen LogP contribution in [0.25, 0.3) is 22.2 Å². The van der Waals surface area contributed by atoms with Crippen LogP contribution < -0.4 is 14.8 Å². The predicted octanol–water partition coefficient (Wildman–Crippen LogP) is 5.95. The molecule has 206 valence electrons. The van der Waals surface area contributed by atoms with Gasteiger partial charge in [0.1, 0.15) is 11.8 Å². The van der Waals surface area contributed by atoms with Crippen molar-refractivity contribution in [2.75, 3.05) is 12.4 Å². The van der Waals surface area contributed by atoms with Crippen molar-refractivity contribution in [1.82, 2.24) is 14.7 Å². The minimum atomic E-state index is -3.99. The van der Waals surface area contributed by atoms with Gasteiger partial charge in [-0.1, -0.05) is 44.2 Å². The van der Waals surface area contributed by atoms with Gasteiger partial charge < -0.3 is 15.0 Å². The number of carbonyl (C=O) groups excluding carboxylic acids is 1. The number of methoxy groups -OCH3 is 1. The van der Waals surface area contributed by atoms with Crippen molar-refractivity contribution in [1.29, 1.82) is 0 Å². The van der Waals surface area contributed by atoms with Crippen LogP contribution in [0.15, 0.2) is 89.3 Å². The number of carbonyl (C=O) groups is 1. The number of aromatic nitrogens is 2. The number of ether oxygens (including phenoxy) is 1. The van der Waals surface area contributed by atoms with E-state index in [2.05, 4.69) is 20.0 Å². The maximum atomic E-state index is 13.6. The maximum Gasteiger partial charge on any atom is 0.244 e. The predicted molar refractivity (Wildman–Crippen MR) is 159 cm³/mol. The van der Waals surface area contributed by atoms with Gasteiger partial charge in [-0.3, -0.25) is 4.79 Å². The van der Waals surface area contributed by atoms with Gasteiger partial charge in [-0.15, -0.1) is 11.3 Å². The lowest BCUT2D eigenvalue weighted by molar-refractivity contribution is -0.117. The van der Waals surface area contributed by atoms with Crippen LogP contribution in [0.5, 0.6) is 5.75 Å². The highest BCUT2D eigenvalue weighted by atomic mass is 32.2. The Morgan fingerprint density at radius 1 is 1.02 bits per heavy atom. The number of hydrogen-bond acceptors (Lipinski definition) is 6. The number of amides is 1. The number of fused-ring (bicyclic) bond motifs is 1. The van der Waals surface area contributed by atoms with Gasteiger partial charge in [-0.25, -0.2) is 13.4 Å². The van der Waals surface area contributed by atoms with Crippen LogP contribution in [0.1, 0.15) is 30.9 Å². The molecule has 40 heavy (non-hydrogen) atoms. The second kappa shape index (κ2) is 11.6. The number of thiazole rings is 1. The van der Waals surface area contributed by atoms with Gasteiger partial charge in [0.15, 0.2) is 5.13 Å². The molecular formula is C30H30N4O4S2. The molecule has 2 aromatic heterocycles. The van der Waals surface area contributed by atoms with E-state index >= 15 is 0 Å². The summed E-state index contributed by atoms with van der Waals surface area (Å²) in [5, 5.41) is 5.96. The van der Waals surface area contributed by atoms with E-state index < -0.39 is 22.0 Å². The average molecular weight is 575 g/mol. The van der Waals surface area contributed by atoms with E-state index in [4.69, 9.17) is 4.74 Å². The Morgan fingerprint density at radius 2 is 1.75 bits per heavy atom. The molecule has 2 heterocycles. The molecule has 0 saturated heterocycles. The number of aromatic amines is 1. The molecule has 0 radical (unpaired) electrons. The Kier molecular flexibility index (Phi) is 8.02. The first-order valence-electron chi connectivity index (χ1n) is 12.8. The Labute approximate surface area is 237 Å². The van der Waals surface area contributed by atoms with Gasteiger partial charge >= 0.3 is 0 Å². The second-order valence-electron chi connectivity index (χ2n) is 9.72. The Morgan fingerprint density at radius 3 is 2.45 bits per heavy atom. The molecule has 0 aliphatic rings. The van der Waals surface area contributed by atoms with E-state index in [-0.39, 0.29) is 17.2 Å². The number of benzene rings is 3. The largest absolute Gasteiger partial charge is 0.497 e. The third kappa shape index (κ3) is 6.09. The molecule has 3 N–H and O–H groups in total. The zero-order chi connectivity index (χ0) is 28.3. The van der Waals surface area contributed by atoms with Crippen molar-refractivity contribution in [2.45, 2.75) is 37.1 Å². The number of nitrogens with one attached hydrogen (secondary N) is 3. The number of anilines is 1. The number of sulfonamides is 1. The molecule has 0 fully saturated rings. The monoisotopic (exact) mass is 574 g/mol. The summed E-state index contributed by atoms with van der Waals surface area (Å²) >= 11 is 1.27. The first-order chi connectivity index (χ1) is 19.2. The highest BCUT2D eigenvalue weighted by Gasteiger charge is 2.28. The fraction of sp³-hybridized carbons (Fsp3) is 0.200. The third-order valence-electron chi connectivity index (χ3n) is 6.69. The van der Waals surface area contributed by atoms with Crippen LogP contribution in [-0.2, 0) is 21.2 Å². The lowest BCUT2D eigenvalue weighted by atomic mass is 10.0. The summed E-state index contributed by atoms with van der Waals surface area (Å²) in [5.74, 6) is 0.508. The summed E-state index contributed by atoms with van der Waals surface area (Å²) in [6.07, 6.45) is 1.96. The molecule has 8 nitrogen and oxygen atoms in total. The van der Waals surface area contributed by atoms with E-state index in [1.165, 1.54) is 11.3 Å². The molecule has 10 heteroatoms. The number of nitrogens with zero attached hydrogens (tertiary/aromatic N) is 1. The van der Waals surface area contributed by atoms with Crippen molar-refractivity contribution in [3.63, 3.8) is 0 Å². The van der Waals surface area contributed by atoms with E-state index in [9.17, 15) is 13.2 Å². The first kappa shape index (κ1) is 27.6. The van der Waals surface area contributed by atoms with Crippen molar-refractivity contribution in [3.05, 3.63) is 95.5 Å². The summed E-state index contributed by atoms with van der Waals surface area (Å²) in [4.78, 5) is 21.4. The number of para-hydroxylation sites is 1. The quantitative estimate of drug-likeness (QED) is 0.191. The van der Waals surface area contributed by atoms with Crippen molar-refractivity contribution < 1.29 is 17.9 Å². The molecule has 5 rings (SSSR count). The van der Waals surface area contributed by atoms with E-state index in [1.807, 2.05) is 74.0 Å². The number of H-pyrrole nitrogens is 1. The molecule has 1 amide bonds. The van der Waals surface area contributed by atoms with Crippen LogP contribution in [0.4, 0.5) is 5.13 Å². The summed E-state index contributed by atoms with van der Waals surface area (Å²) < 4.78 is 34.6. The van der Waals surface area contributed by atoms with E-state index in [1.54, 1.807) is 31.4 Å². The molecule has 0 bridgehead atoms. The summed E-state index contributed by atoms with van der Waals surface area (Å²) in [6, 6.07) is 20.8. The molecule has 0 saturated carbocycles. The third-order valence-corrected chi connectivity index (χ3v) is 8.94. The second-order valence-corrected chi connectivity index (χ2v) is 12.3. The fourth-order valence-electron chi connectivity index (χ4n) is 4.41. The van der Waals surface area contributed by atoms with Crippen LogP contribution in [0.3, 0.4) is 0 Å². The lowest BCUT2D eigenvalue weighted by Gasteiger charge is -2.18. The highest BCUT2D eigenvalue weighted by Crippen LogP contribution is 2.27. The number of hydrogen-bond donors (Lipinski definition) is 3. The minimum absolute atomic E-state index is 0.102. The molecule has 0 aliphatic heterocycles. The van der Waals surface area contributed by atoms with Gasteiger partial charge in [-0.05, 0) is 65.9 Å². The summed E-state index contributed by atoms with van der Waals surface area (Å²) in [7, 11) is -2.39. The van der Waals surface area contributed by atoms with Crippen LogP contribution >= 0.6 is 11.3 Å². The van der Waals surface area contributed by atoms with Gasteiger partial charge in [0, 0.05) is 28.0 Å². The smallest absolute Gasteiger partial charge is 0.244 e. The molecule has 0 spiro atoms. The van der Waals surface area contributed by atoms with Gasteiger partial charge in [0.05, 0.1) is 17.7 Å². The first-order valence-corrected chi connectivity index (χ1v) is 15.2. The van der Waals surface area contributed by atoms with E-state index in [0.717, 1.165) is 33.3 Å². The molecule has 1 atom stereocenters. The van der Waals surface area contributed by atoms with Crippen LogP contribution in [-0.4, -0.2) is 37.4 Å². The average Bonchev–Trinajstić information content (AvgIpc) is 3.60. The topological polar surface area (TPSA) is 113 Å². The molecular weight excluding hydrogens is 544 g/mol. The number of rotatable bonds is 10.